The number of nitrogens with zero attached hydrogens (tertiary/aromatic N) is 2. The van der Waals surface area contributed by atoms with Crippen LogP contribution in [-0.2, 0) is 19.0 Å². The number of alkyl halides is 6. The third-order valence-corrected chi connectivity index (χ3v) is 4.00. The second-order valence-electron chi connectivity index (χ2n) is 6.24. The standard InChI is InChI=1S/C20H13F6N3O2/c21-19(22,23)14-8-13(9-15(10-14)20(24,25)26)18(30)29-17-16(2-1-5-28-17)31-11-12-3-6-27-7-4-12/h1-10H,11H2,(H,28,29,30). The summed E-state index contributed by atoms with van der Waals surface area (Å²) < 4.78 is 83.6. The molecule has 0 aliphatic rings. The van der Waals surface area contributed by atoms with Crippen molar-refractivity contribution in [1.82, 2.24) is 9.97 Å². The first-order valence-corrected chi connectivity index (χ1v) is 8.61. The van der Waals surface area contributed by atoms with Gasteiger partial charge in [-0.1, -0.05) is 0 Å². The van der Waals surface area contributed by atoms with E-state index >= 15 is 0 Å². The molecule has 2 aromatic heterocycles. The summed E-state index contributed by atoms with van der Waals surface area (Å²) in [6.45, 7) is 0.0683. The summed E-state index contributed by atoms with van der Waals surface area (Å²) in [7, 11) is 0. The van der Waals surface area contributed by atoms with Crippen molar-refractivity contribution in [2.24, 2.45) is 0 Å². The average molecular weight is 441 g/mol. The largest absolute Gasteiger partial charge is 0.485 e. The lowest BCUT2D eigenvalue weighted by Gasteiger charge is -2.15. The zero-order valence-corrected chi connectivity index (χ0v) is 15.5. The van der Waals surface area contributed by atoms with E-state index in [1.807, 2.05) is 0 Å². The Hall–Kier alpha value is -3.63. The van der Waals surface area contributed by atoms with E-state index < -0.39 is 35.0 Å². The third kappa shape index (κ3) is 5.71. The minimum atomic E-state index is -5.07. The van der Waals surface area contributed by atoms with E-state index in [1.165, 1.54) is 30.7 Å². The van der Waals surface area contributed by atoms with Crippen LogP contribution >= 0.6 is 0 Å². The first-order valence-electron chi connectivity index (χ1n) is 8.61. The number of rotatable bonds is 5. The predicted octanol–water partition coefficient (Wildman–Crippen LogP) is 5.35. The second kappa shape index (κ2) is 8.62. The van der Waals surface area contributed by atoms with E-state index in [2.05, 4.69) is 15.3 Å². The van der Waals surface area contributed by atoms with Crippen LogP contribution in [0, 0.1) is 0 Å². The summed E-state index contributed by atoms with van der Waals surface area (Å²) in [6, 6.07) is 6.91. The first-order chi connectivity index (χ1) is 14.5. The molecule has 3 rings (SSSR count). The van der Waals surface area contributed by atoms with Gasteiger partial charge in [-0.25, -0.2) is 4.98 Å². The van der Waals surface area contributed by atoms with Gasteiger partial charge in [-0.2, -0.15) is 26.3 Å². The van der Waals surface area contributed by atoms with Crippen molar-refractivity contribution >= 4 is 11.7 Å². The normalized spacial score (nSPS) is 11.8. The van der Waals surface area contributed by atoms with Crippen LogP contribution in [0.2, 0.25) is 0 Å². The van der Waals surface area contributed by atoms with Crippen molar-refractivity contribution in [3.63, 3.8) is 0 Å². The number of halogens is 6. The van der Waals surface area contributed by atoms with Crippen LogP contribution in [-0.4, -0.2) is 15.9 Å². The van der Waals surface area contributed by atoms with Crippen LogP contribution < -0.4 is 10.1 Å². The Bertz CT molecular complexity index is 1040. The van der Waals surface area contributed by atoms with Crippen molar-refractivity contribution in [2.45, 2.75) is 19.0 Å². The molecule has 5 nitrogen and oxygen atoms in total. The van der Waals surface area contributed by atoms with Gasteiger partial charge in [-0.15, -0.1) is 0 Å². The summed E-state index contributed by atoms with van der Waals surface area (Å²) in [5.41, 5.74) is -3.28. The van der Waals surface area contributed by atoms with Gasteiger partial charge in [0.1, 0.15) is 6.61 Å². The molecule has 0 radical (unpaired) electrons. The molecule has 0 saturated carbocycles. The van der Waals surface area contributed by atoms with E-state index in [1.54, 1.807) is 12.1 Å². The highest BCUT2D eigenvalue weighted by atomic mass is 19.4. The molecular formula is C20H13F6N3O2. The van der Waals surface area contributed by atoms with Crippen LogP contribution in [0.5, 0.6) is 5.75 Å². The number of hydrogen-bond donors (Lipinski definition) is 1. The maximum absolute atomic E-state index is 13.0. The molecule has 31 heavy (non-hydrogen) atoms. The summed E-state index contributed by atoms with van der Waals surface area (Å²) in [6.07, 6.45) is -5.78. The highest BCUT2D eigenvalue weighted by molar-refractivity contribution is 6.04. The third-order valence-electron chi connectivity index (χ3n) is 4.00. The van der Waals surface area contributed by atoms with Gasteiger partial charge in [0.2, 0.25) is 0 Å². The van der Waals surface area contributed by atoms with Gasteiger partial charge in [0.15, 0.2) is 11.6 Å². The average Bonchev–Trinajstić information content (AvgIpc) is 2.72. The Morgan fingerprint density at radius 2 is 1.52 bits per heavy atom. The number of ether oxygens (including phenoxy) is 1. The van der Waals surface area contributed by atoms with Gasteiger partial charge in [-0.05, 0) is 48.0 Å². The molecule has 162 valence electrons. The maximum atomic E-state index is 13.0. The van der Waals surface area contributed by atoms with E-state index in [-0.39, 0.29) is 24.2 Å². The molecule has 1 aromatic carbocycles. The number of nitrogens with one attached hydrogen (secondary N) is 1. The Kier molecular flexibility index (Phi) is 6.14. The highest BCUT2D eigenvalue weighted by Gasteiger charge is 2.37. The van der Waals surface area contributed by atoms with Gasteiger partial charge in [-0.3, -0.25) is 9.78 Å². The smallest absolute Gasteiger partial charge is 0.416 e. The summed E-state index contributed by atoms with van der Waals surface area (Å²) in [4.78, 5) is 20.2. The maximum Gasteiger partial charge on any atom is 0.416 e. The Balaban J connectivity index is 1.86. The second-order valence-corrected chi connectivity index (χ2v) is 6.24. The van der Waals surface area contributed by atoms with Gasteiger partial charge in [0, 0.05) is 24.2 Å². The van der Waals surface area contributed by atoms with Crippen LogP contribution in [0.3, 0.4) is 0 Å². The zero-order valence-electron chi connectivity index (χ0n) is 15.5. The quantitative estimate of drug-likeness (QED) is 0.543. The molecule has 3 aromatic rings. The van der Waals surface area contributed by atoms with Gasteiger partial charge < -0.3 is 10.1 Å². The minimum absolute atomic E-state index is 0.0548. The molecule has 1 amide bonds. The van der Waals surface area contributed by atoms with Crippen molar-refractivity contribution in [2.75, 3.05) is 5.32 Å². The molecule has 1 N–H and O–H groups in total. The molecule has 0 unspecified atom stereocenters. The van der Waals surface area contributed by atoms with Crippen LogP contribution in [0.1, 0.15) is 27.0 Å². The van der Waals surface area contributed by atoms with E-state index in [0.29, 0.717) is 12.1 Å². The fourth-order valence-corrected chi connectivity index (χ4v) is 2.51. The van der Waals surface area contributed by atoms with Gasteiger partial charge in [0.25, 0.3) is 5.91 Å². The molecule has 0 saturated heterocycles. The number of aromatic nitrogens is 2. The molecule has 0 aliphatic carbocycles. The minimum Gasteiger partial charge on any atom is -0.485 e. The van der Waals surface area contributed by atoms with Crippen molar-refractivity contribution in [3.05, 3.63) is 83.3 Å². The number of pyridine rings is 2. The summed E-state index contributed by atoms with van der Waals surface area (Å²) in [5.74, 6) is -1.28. The number of benzene rings is 1. The molecule has 0 fully saturated rings. The number of carbonyl (C=O) groups excluding carboxylic acids is 1. The SMILES string of the molecule is O=C(Nc1ncccc1OCc1ccncc1)c1cc(C(F)(F)F)cc(C(F)(F)F)c1. The van der Waals surface area contributed by atoms with Gasteiger partial charge in [0.05, 0.1) is 11.1 Å². The van der Waals surface area contributed by atoms with E-state index in [0.717, 1.165) is 5.56 Å². The monoisotopic (exact) mass is 441 g/mol. The van der Waals surface area contributed by atoms with E-state index in [4.69, 9.17) is 4.74 Å². The van der Waals surface area contributed by atoms with Gasteiger partial charge >= 0.3 is 12.4 Å². The lowest BCUT2D eigenvalue weighted by molar-refractivity contribution is -0.143. The molecule has 2 heterocycles. The molecule has 0 spiro atoms. The van der Waals surface area contributed by atoms with E-state index in [9.17, 15) is 31.1 Å². The molecule has 0 atom stereocenters. The molecule has 0 aliphatic heterocycles. The first kappa shape index (κ1) is 22.1. The Labute approximate surface area is 171 Å². The van der Waals surface area contributed by atoms with Crippen LogP contribution in [0.15, 0.2) is 61.1 Å². The zero-order chi connectivity index (χ0) is 22.6. The summed E-state index contributed by atoms with van der Waals surface area (Å²) in [5, 5.41) is 2.20. The lowest BCUT2D eigenvalue weighted by Crippen LogP contribution is -2.18. The Morgan fingerprint density at radius 3 is 2.10 bits per heavy atom. The molecule has 11 heteroatoms. The van der Waals surface area contributed by atoms with Crippen LogP contribution in [0.25, 0.3) is 0 Å². The Morgan fingerprint density at radius 1 is 0.903 bits per heavy atom. The number of carbonyl (C=O) groups is 1. The van der Waals surface area contributed by atoms with Crippen molar-refractivity contribution in [1.29, 1.82) is 0 Å². The summed E-state index contributed by atoms with van der Waals surface area (Å²) >= 11 is 0. The van der Waals surface area contributed by atoms with Crippen molar-refractivity contribution in [3.8, 4) is 5.75 Å². The fourth-order valence-electron chi connectivity index (χ4n) is 2.51. The fraction of sp³-hybridized carbons (Fsp3) is 0.150. The highest BCUT2D eigenvalue weighted by Crippen LogP contribution is 2.36. The lowest BCUT2D eigenvalue weighted by atomic mass is 10.0. The predicted molar refractivity (Wildman–Crippen MR) is 97.2 cm³/mol. The molecular weight excluding hydrogens is 428 g/mol. The number of hydrogen-bond acceptors (Lipinski definition) is 4. The molecule has 0 bridgehead atoms. The topological polar surface area (TPSA) is 64.1 Å². The van der Waals surface area contributed by atoms with Crippen LogP contribution in [0.4, 0.5) is 32.2 Å². The number of anilines is 1. The van der Waals surface area contributed by atoms with Crippen molar-refractivity contribution < 1.29 is 35.9 Å². The number of amides is 1.